The fraction of sp³-hybridized carbons (Fsp3) is 0.730. The minimum atomic E-state index is -0.781. The van der Waals surface area contributed by atoms with E-state index in [9.17, 15) is 14.7 Å². The van der Waals surface area contributed by atoms with E-state index in [0.717, 1.165) is 103 Å². The minimum Gasteiger partial charge on any atom is -0.462 e. The van der Waals surface area contributed by atoms with Gasteiger partial charge in [0.1, 0.15) is 6.61 Å². The molecular formula is C74H128O5. The van der Waals surface area contributed by atoms with E-state index >= 15 is 0 Å². The third kappa shape index (κ3) is 67.0. The van der Waals surface area contributed by atoms with Crippen molar-refractivity contribution in [3.05, 3.63) is 109 Å². The van der Waals surface area contributed by atoms with Crippen molar-refractivity contribution in [2.45, 2.75) is 335 Å². The fourth-order valence-electron chi connectivity index (χ4n) is 9.79. The SMILES string of the molecule is CC/C=C\C/C=C\C/C=C\C/C=C\C/C=C\C/C=C\C/C=C\C/C=C\C/C=C\CCCCCCCCCCCC(=O)OC(CO)COC(=O)CCCCCCCCCCCCCCCCCCCCCCCCCCCCCC. The molecule has 5 nitrogen and oxygen atoms in total. The summed E-state index contributed by atoms with van der Waals surface area (Å²) in [6.07, 6.45) is 99.6. The monoisotopic (exact) mass is 1100 g/mol. The lowest BCUT2D eigenvalue weighted by atomic mass is 10.0. The molecule has 0 aliphatic carbocycles. The number of hydrogen-bond donors (Lipinski definition) is 1. The van der Waals surface area contributed by atoms with Crippen LogP contribution >= 0.6 is 0 Å². The van der Waals surface area contributed by atoms with Gasteiger partial charge in [0.2, 0.25) is 0 Å². The Morgan fingerprint density at radius 3 is 0.823 bits per heavy atom. The largest absolute Gasteiger partial charge is 0.462 e. The van der Waals surface area contributed by atoms with Gasteiger partial charge in [-0.05, 0) is 83.5 Å². The average molecular weight is 1100 g/mol. The number of allylic oxidation sites excluding steroid dienone is 18. The summed E-state index contributed by atoms with van der Waals surface area (Å²) in [6, 6.07) is 0. The minimum absolute atomic E-state index is 0.0695. The van der Waals surface area contributed by atoms with Gasteiger partial charge in [0.15, 0.2) is 6.10 Å². The van der Waals surface area contributed by atoms with Crippen LogP contribution in [0.3, 0.4) is 0 Å². The van der Waals surface area contributed by atoms with Gasteiger partial charge in [0, 0.05) is 12.8 Å². The standard InChI is InChI=1S/C74H128O5/c1-3-5-7-9-11-13-15-17-19-21-23-25-27-29-31-33-34-35-36-37-38-39-40-41-43-45-47-49-51-53-55-57-59-61-63-65-67-69-74(77)79-72(70-75)71-78-73(76)68-66-64-62-60-58-56-54-52-50-48-46-44-42-32-30-28-26-24-22-20-18-16-14-12-10-8-6-4-2/h5,7,11,13,17,19,23,25,29,31,34-35,37-38,40-41,45,47,72,75H,3-4,6,8-10,12,14-16,18,20-22,24,26-28,30,32-33,36,39,42-44,46,48-71H2,1-2H3/b7-5-,13-11-,19-17-,25-23-,31-29-,35-34-,38-37-,41-40-,47-45-. The van der Waals surface area contributed by atoms with Crippen molar-refractivity contribution in [1.82, 2.24) is 0 Å². The van der Waals surface area contributed by atoms with E-state index in [2.05, 4.69) is 123 Å². The molecule has 454 valence electrons. The molecule has 0 saturated carbocycles. The zero-order chi connectivity index (χ0) is 56.9. The van der Waals surface area contributed by atoms with Gasteiger partial charge in [0.25, 0.3) is 0 Å². The van der Waals surface area contributed by atoms with Crippen molar-refractivity contribution in [2.24, 2.45) is 0 Å². The van der Waals surface area contributed by atoms with E-state index in [-0.39, 0.29) is 25.2 Å². The molecule has 0 fully saturated rings. The van der Waals surface area contributed by atoms with E-state index in [1.54, 1.807) is 0 Å². The first-order valence-corrected chi connectivity index (χ1v) is 33.9. The topological polar surface area (TPSA) is 72.8 Å². The zero-order valence-corrected chi connectivity index (χ0v) is 52.1. The molecule has 0 radical (unpaired) electrons. The molecule has 79 heavy (non-hydrogen) atoms. The Kier molecular flexibility index (Phi) is 65.8. The number of hydrogen-bond acceptors (Lipinski definition) is 5. The molecule has 0 aromatic heterocycles. The molecule has 0 heterocycles. The van der Waals surface area contributed by atoms with E-state index in [0.29, 0.717) is 12.8 Å². The molecule has 0 aromatic rings. The molecule has 5 heteroatoms. The van der Waals surface area contributed by atoms with E-state index < -0.39 is 6.10 Å². The van der Waals surface area contributed by atoms with Crippen LogP contribution in [0.15, 0.2) is 109 Å². The summed E-state index contributed by atoms with van der Waals surface area (Å²) in [5.41, 5.74) is 0. The van der Waals surface area contributed by atoms with Crippen molar-refractivity contribution >= 4 is 11.9 Å². The van der Waals surface area contributed by atoms with Gasteiger partial charge in [-0.25, -0.2) is 0 Å². The van der Waals surface area contributed by atoms with Crippen molar-refractivity contribution in [2.75, 3.05) is 13.2 Å². The number of aliphatic hydroxyl groups excluding tert-OH is 1. The number of rotatable bonds is 62. The van der Waals surface area contributed by atoms with Crippen molar-refractivity contribution in [3.63, 3.8) is 0 Å². The Balaban J connectivity index is 3.51. The summed E-state index contributed by atoms with van der Waals surface area (Å²) < 4.78 is 10.7. The highest BCUT2D eigenvalue weighted by Gasteiger charge is 2.16. The number of ether oxygens (including phenoxy) is 2. The molecule has 0 aliphatic heterocycles. The van der Waals surface area contributed by atoms with Crippen LogP contribution in [-0.4, -0.2) is 36.4 Å². The third-order valence-electron chi connectivity index (χ3n) is 14.8. The summed E-state index contributed by atoms with van der Waals surface area (Å²) >= 11 is 0. The Morgan fingerprint density at radius 1 is 0.304 bits per heavy atom. The molecule has 1 N–H and O–H groups in total. The Labute approximate surface area is 491 Å². The molecule has 0 amide bonds. The van der Waals surface area contributed by atoms with Gasteiger partial charge in [-0.2, -0.15) is 0 Å². The van der Waals surface area contributed by atoms with Gasteiger partial charge in [-0.15, -0.1) is 0 Å². The lowest BCUT2D eigenvalue weighted by Gasteiger charge is -2.15. The van der Waals surface area contributed by atoms with Crippen LogP contribution in [0.1, 0.15) is 328 Å². The number of aliphatic hydroxyl groups is 1. The number of unbranched alkanes of at least 4 members (excludes halogenated alkanes) is 36. The number of carbonyl (C=O) groups excluding carboxylic acids is 2. The number of esters is 2. The van der Waals surface area contributed by atoms with Crippen LogP contribution in [0.25, 0.3) is 0 Å². The lowest BCUT2D eigenvalue weighted by molar-refractivity contribution is -0.161. The summed E-state index contributed by atoms with van der Waals surface area (Å²) in [6.45, 7) is 4.06. The molecule has 0 aromatic carbocycles. The quantitative estimate of drug-likeness (QED) is 0.0373. The Morgan fingerprint density at radius 2 is 0.544 bits per heavy atom. The highest BCUT2D eigenvalue weighted by molar-refractivity contribution is 5.70. The molecule has 0 saturated heterocycles. The van der Waals surface area contributed by atoms with Crippen molar-refractivity contribution < 1.29 is 24.2 Å². The van der Waals surface area contributed by atoms with E-state index in [1.165, 1.54) is 199 Å². The zero-order valence-electron chi connectivity index (χ0n) is 52.1. The lowest BCUT2D eigenvalue weighted by Crippen LogP contribution is -2.28. The Bertz CT molecular complexity index is 1520. The van der Waals surface area contributed by atoms with Gasteiger partial charge in [0.05, 0.1) is 6.61 Å². The van der Waals surface area contributed by atoms with Crippen LogP contribution in [0.5, 0.6) is 0 Å². The maximum Gasteiger partial charge on any atom is 0.306 e. The molecule has 1 unspecified atom stereocenters. The first kappa shape index (κ1) is 75.6. The summed E-state index contributed by atoms with van der Waals surface area (Å²) in [5.74, 6) is -0.588. The van der Waals surface area contributed by atoms with E-state index in [1.807, 2.05) is 0 Å². The second kappa shape index (κ2) is 68.8. The van der Waals surface area contributed by atoms with Gasteiger partial charge < -0.3 is 14.6 Å². The van der Waals surface area contributed by atoms with Crippen LogP contribution in [0, 0.1) is 0 Å². The highest BCUT2D eigenvalue weighted by atomic mass is 16.6. The second-order valence-electron chi connectivity index (χ2n) is 22.5. The van der Waals surface area contributed by atoms with Gasteiger partial charge in [-0.3, -0.25) is 9.59 Å². The Hall–Kier alpha value is -3.44. The van der Waals surface area contributed by atoms with Crippen molar-refractivity contribution in [1.29, 1.82) is 0 Å². The summed E-state index contributed by atoms with van der Waals surface area (Å²) in [4.78, 5) is 24.6. The molecule has 0 aliphatic rings. The molecule has 0 rings (SSSR count). The highest BCUT2D eigenvalue weighted by Crippen LogP contribution is 2.18. The molecule has 0 bridgehead atoms. The first-order chi connectivity index (χ1) is 39.1. The van der Waals surface area contributed by atoms with Crippen LogP contribution in [-0.2, 0) is 19.1 Å². The number of carbonyl (C=O) groups is 2. The maximum absolute atomic E-state index is 12.4. The van der Waals surface area contributed by atoms with Gasteiger partial charge >= 0.3 is 11.9 Å². The predicted octanol–water partition coefficient (Wildman–Crippen LogP) is 23.6. The van der Waals surface area contributed by atoms with Crippen LogP contribution in [0.4, 0.5) is 0 Å². The predicted molar refractivity (Wildman–Crippen MR) is 348 cm³/mol. The third-order valence-corrected chi connectivity index (χ3v) is 14.8. The normalized spacial score (nSPS) is 12.9. The smallest absolute Gasteiger partial charge is 0.306 e. The average Bonchev–Trinajstić information content (AvgIpc) is 3.45. The first-order valence-electron chi connectivity index (χ1n) is 33.9. The summed E-state index contributed by atoms with van der Waals surface area (Å²) in [5, 5.41) is 9.70. The summed E-state index contributed by atoms with van der Waals surface area (Å²) in [7, 11) is 0. The molecule has 1 atom stereocenters. The molecular weight excluding hydrogens is 969 g/mol. The molecule has 0 spiro atoms. The fourth-order valence-corrected chi connectivity index (χ4v) is 9.79. The second-order valence-corrected chi connectivity index (χ2v) is 22.5. The van der Waals surface area contributed by atoms with E-state index in [4.69, 9.17) is 9.47 Å². The van der Waals surface area contributed by atoms with Crippen molar-refractivity contribution in [3.8, 4) is 0 Å². The maximum atomic E-state index is 12.4. The van der Waals surface area contributed by atoms with Crippen LogP contribution in [0.2, 0.25) is 0 Å². The van der Waals surface area contributed by atoms with Crippen LogP contribution < -0.4 is 0 Å². The van der Waals surface area contributed by atoms with Gasteiger partial charge in [-0.1, -0.05) is 342 Å².